The lowest BCUT2D eigenvalue weighted by Gasteiger charge is -2.06. The molecule has 6 heteroatoms. The van der Waals surface area contributed by atoms with Crippen LogP contribution in [0.25, 0.3) is 22.2 Å². The molecule has 1 heterocycles. The highest BCUT2D eigenvalue weighted by atomic mass is 16.5. The zero-order valence-electron chi connectivity index (χ0n) is 14.7. The van der Waals surface area contributed by atoms with E-state index in [1.165, 1.54) is 0 Å². The fourth-order valence-corrected chi connectivity index (χ4v) is 2.60. The topological polar surface area (TPSA) is 73.6 Å². The molecule has 136 valence electrons. The highest BCUT2D eigenvalue weighted by molar-refractivity contribution is 6.00. The average molecular weight is 354 g/mol. The van der Waals surface area contributed by atoms with Crippen molar-refractivity contribution in [1.82, 2.24) is 10.5 Å². The van der Waals surface area contributed by atoms with E-state index in [9.17, 15) is 4.79 Å². The van der Waals surface area contributed by atoms with E-state index >= 15 is 0 Å². The van der Waals surface area contributed by atoms with Crippen LogP contribution in [0.1, 0.15) is 16.8 Å². The molecule has 1 amide bonds. The summed E-state index contributed by atoms with van der Waals surface area (Å²) in [6, 6.07) is 15.1. The molecule has 0 aliphatic heterocycles. The Morgan fingerprint density at radius 1 is 1.12 bits per heavy atom. The number of carbonyl (C=O) groups is 1. The average Bonchev–Trinajstić information content (AvgIpc) is 3.11. The van der Waals surface area contributed by atoms with Crippen LogP contribution in [0.3, 0.4) is 0 Å². The maximum absolute atomic E-state index is 12.4. The summed E-state index contributed by atoms with van der Waals surface area (Å²) in [5, 5.41) is 7.80. The Hall–Kier alpha value is -2.70. The van der Waals surface area contributed by atoms with Crippen LogP contribution in [-0.2, 0) is 9.47 Å². The molecule has 0 atom stereocenters. The lowest BCUT2D eigenvalue weighted by Crippen LogP contribution is -2.25. The van der Waals surface area contributed by atoms with Gasteiger partial charge < -0.3 is 19.3 Å². The Morgan fingerprint density at radius 3 is 2.77 bits per heavy atom. The normalized spacial score (nSPS) is 11.0. The zero-order valence-corrected chi connectivity index (χ0v) is 14.7. The van der Waals surface area contributed by atoms with Crippen molar-refractivity contribution in [3.63, 3.8) is 0 Å². The van der Waals surface area contributed by atoms with Gasteiger partial charge in [-0.3, -0.25) is 4.79 Å². The molecular formula is C20H22N2O4. The van der Waals surface area contributed by atoms with E-state index in [1.54, 1.807) is 19.2 Å². The van der Waals surface area contributed by atoms with Gasteiger partial charge >= 0.3 is 0 Å². The second-order valence-corrected chi connectivity index (χ2v) is 5.82. The lowest BCUT2D eigenvalue weighted by atomic mass is 10.1. The Bertz CT molecular complexity index is 845. The minimum atomic E-state index is -0.121. The Balaban J connectivity index is 1.62. The number of methoxy groups -OCH3 is 1. The maximum atomic E-state index is 12.4. The molecule has 0 unspecified atom stereocenters. The molecule has 1 aromatic heterocycles. The largest absolute Gasteiger partial charge is 0.382 e. The van der Waals surface area contributed by atoms with E-state index in [0.29, 0.717) is 37.7 Å². The lowest BCUT2D eigenvalue weighted by molar-refractivity contribution is 0.0688. The van der Waals surface area contributed by atoms with E-state index in [-0.39, 0.29) is 5.91 Å². The van der Waals surface area contributed by atoms with Crippen molar-refractivity contribution in [2.75, 3.05) is 33.5 Å². The predicted molar refractivity (Wildman–Crippen MR) is 99.1 cm³/mol. The minimum Gasteiger partial charge on any atom is -0.382 e. The van der Waals surface area contributed by atoms with Crippen LogP contribution in [0.2, 0.25) is 0 Å². The number of amides is 1. The van der Waals surface area contributed by atoms with E-state index in [2.05, 4.69) is 10.5 Å². The minimum absolute atomic E-state index is 0.121. The summed E-state index contributed by atoms with van der Waals surface area (Å²) >= 11 is 0. The molecule has 0 aliphatic rings. The molecule has 3 rings (SSSR count). The Morgan fingerprint density at radius 2 is 1.96 bits per heavy atom. The van der Waals surface area contributed by atoms with Gasteiger partial charge in [-0.25, -0.2) is 0 Å². The summed E-state index contributed by atoms with van der Waals surface area (Å²) in [4.78, 5) is 12.4. The molecule has 6 nitrogen and oxygen atoms in total. The monoisotopic (exact) mass is 354 g/mol. The second kappa shape index (κ2) is 9.12. The van der Waals surface area contributed by atoms with Crippen LogP contribution in [-0.4, -0.2) is 44.5 Å². The second-order valence-electron chi connectivity index (χ2n) is 5.82. The molecule has 0 aliphatic carbocycles. The number of aromatic nitrogens is 1. The Kier molecular flexibility index (Phi) is 6.35. The first kappa shape index (κ1) is 18.1. The molecule has 0 bridgehead atoms. The van der Waals surface area contributed by atoms with Gasteiger partial charge in [0.15, 0.2) is 5.76 Å². The number of nitrogens with one attached hydrogen (secondary N) is 1. The smallest absolute Gasteiger partial charge is 0.251 e. The molecule has 0 radical (unpaired) electrons. The first-order valence-corrected chi connectivity index (χ1v) is 8.59. The van der Waals surface area contributed by atoms with Crippen molar-refractivity contribution in [3.05, 3.63) is 54.1 Å². The molecule has 0 saturated heterocycles. The fourth-order valence-electron chi connectivity index (χ4n) is 2.60. The fraction of sp³-hybridized carbons (Fsp3) is 0.300. The highest BCUT2D eigenvalue weighted by Gasteiger charge is 2.13. The zero-order chi connectivity index (χ0) is 18.2. The third-order valence-electron chi connectivity index (χ3n) is 3.96. The van der Waals surface area contributed by atoms with Gasteiger partial charge in [0.2, 0.25) is 0 Å². The molecule has 1 N–H and O–H groups in total. The van der Waals surface area contributed by atoms with Gasteiger partial charge in [-0.1, -0.05) is 35.5 Å². The number of carbonyl (C=O) groups excluding carboxylic acids is 1. The van der Waals surface area contributed by atoms with Crippen molar-refractivity contribution in [2.45, 2.75) is 6.42 Å². The van der Waals surface area contributed by atoms with E-state index in [4.69, 9.17) is 14.0 Å². The molecule has 0 fully saturated rings. The SMILES string of the molecule is COCCOCCCNC(=O)c1ccc2noc(-c3ccccc3)c2c1. The third-order valence-corrected chi connectivity index (χ3v) is 3.96. The van der Waals surface area contributed by atoms with Gasteiger partial charge in [-0.15, -0.1) is 0 Å². The van der Waals surface area contributed by atoms with Crippen LogP contribution < -0.4 is 5.32 Å². The quantitative estimate of drug-likeness (QED) is 0.597. The summed E-state index contributed by atoms with van der Waals surface area (Å²) in [5.41, 5.74) is 2.24. The van der Waals surface area contributed by atoms with Gasteiger partial charge in [0.05, 0.1) is 18.6 Å². The van der Waals surface area contributed by atoms with Crippen molar-refractivity contribution in [1.29, 1.82) is 0 Å². The van der Waals surface area contributed by atoms with E-state index < -0.39 is 0 Å². The molecular weight excluding hydrogens is 332 g/mol. The van der Waals surface area contributed by atoms with Gasteiger partial charge in [-0.05, 0) is 24.6 Å². The molecule has 0 saturated carbocycles. The first-order chi connectivity index (χ1) is 12.8. The van der Waals surface area contributed by atoms with E-state index in [0.717, 1.165) is 22.9 Å². The number of fused-ring (bicyclic) bond motifs is 1. The number of hydrogen-bond acceptors (Lipinski definition) is 5. The van der Waals surface area contributed by atoms with Crippen LogP contribution in [0.5, 0.6) is 0 Å². The number of benzene rings is 2. The first-order valence-electron chi connectivity index (χ1n) is 8.59. The summed E-state index contributed by atoms with van der Waals surface area (Å²) in [6.07, 6.45) is 0.750. The summed E-state index contributed by atoms with van der Waals surface area (Å²) < 4.78 is 15.8. The summed E-state index contributed by atoms with van der Waals surface area (Å²) in [7, 11) is 1.64. The van der Waals surface area contributed by atoms with Crippen molar-refractivity contribution >= 4 is 16.8 Å². The molecule has 2 aromatic carbocycles. The van der Waals surface area contributed by atoms with Crippen LogP contribution in [0.4, 0.5) is 0 Å². The van der Waals surface area contributed by atoms with E-state index in [1.807, 2.05) is 36.4 Å². The van der Waals surface area contributed by atoms with Crippen molar-refractivity contribution in [2.24, 2.45) is 0 Å². The highest BCUT2D eigenvalue weighted by Crippen LogP contribution is 2.29. The number of rotatable bonds is 9. The van der Waals surface area contributed by atoms with Crippen LogP contribution in [0, 0.1) is 0 Å². The van der Waals surface area contributed by atoms with Crippen LogP contribution >= 0.6 is 0 Å². The summed E-state index contributed by atoms with van der Waals surface area (Å²) in [5.74, 6) is 0.547. The number of nitrogens with zero attached hydrogens (tertiary/aromatic N) is 1. The molecule has 3 aromatic rings. The van der Waals surface area contributed by atoms with Gasteiger partial charge in [0, 0.05) is 31.4 Å². The molecule has 0 spiro atoms. The number of hydrogen-bond donors (Lipinski definition) is 1. The van der Waals surface area contributed by atoms with Crippen molar-refractivity contribution in [3.8, 4) is 11.3 Å². The third kappa shape index (κ3) is 4.47. The van der Waals surface area contributed by atoms with Gasteiger partial charge in [0.25, 0.3) is 5.91 Å². The maximum Gasteiger partial charge on any atom is 0.251 e. The predicted octanol–water partition coefficient (Wildman–Crippen LogP) is 3.28. The van der Waals surface area contributed by atoms with Crippen LogP contribution in [0.15, 0.2) is 53.1 Å². The standard InChI is InChI=1S/C20H22N2O4/c1-24-12-13-25-11-5-10-21-20(23)16-8-9-18-17(14-16)19(26-22-18)15-6-3-2-4-7-15/h2-4,6-9,14H,5,10-13H2,1H3,(H,21,23). The van der Waals surface area contributed by atoms with Gasteiger partial charge in [0.1, 0.15) is 5.52 Å². The Labute approximate surface area is 152 Å². The van der Waals surface area contributed by atoms with Crippen molar-refractivity contribution < 1.29 is 18.8 Å². The van der Waals surface area contributed by atoms with Gasteiger partial charge in [-0.2, -0.15) is 0 Å². The molecule has 26 heavy (non-hydrogen) atoms. The number of ether oxygens (including phenoxy) is 2. The summed E-state index contributed by atoms with van der Waals surface area (Å²) in [6.45, 7) is 2.29.